The van der Waals surface area contributed by atoms with E-state index in [1.807, 2.05) is 18.2 Å². The van der Waals surface area contributed by atoms with Crippen molar-refractivity contribution in [3.63, 3.8) is 0 Å². The number of alkyl halides is 1. The van der Waals surface area contributed by atoms with Crippen LogP contribution in [0.15, 0.2) is 18.2 Å². The van der Waals surface area contributed by atoms with Gasteiger partial charge in [-0.05, 0) is 6.07 Å². The van der Waals surface area contributed by atoms with E-state index in [-0.39, 0.29) is 6.67 Å². The summed E-state index contributed by atoms with van der Waals surface area (Å²) in [6.07, 6.45) is 0.411. The molecule has 1 aromatic carbocycles. The molecule has 0 atom stereocenters. The number of ether oxygens (including phenoxy) is 2. The number of hydrogen-bond acceptors (Lipinski definition) is 3. The Bertz CT molecular complexity index is 356. The molecule has 0 spiro atoms. The lowest BCUT2D eigenvalue weighted by molar-refractivity contribution is 0.284. The van der Waals surface area contributed by atoms with Crippen LogP contribution < -0.4 is 14.8 Å². The maximum absolute atomic E-state index is 12.1. The minimum atomic E-state index is -0.358. The van der Waals surface area contributed by atoms with Crippen molar-refractivity contribution in [1.82, 2.24) is 5.32 Å². The second-order valence-electron chi connectivity index (χ2n) is 4.40. The van der Waals surface area contributed by atoms with E-state index in [2.05, 4.69) is 19.2 Å². The predicted molar refractivity (Wildman–Crippen MR) is 71.1 cm³/mol. The third kappa shape index (κ3) is 4.92. The van der Waals surface area contributed by atoms with Gasteiger partial charge in [0.1, 0.15) is 11.5 Å². The summed E-state index contributed by atoms with van der Waals surface area (Å²) < 4.78 is 22.8. The highest BCUT2D eigenvalue weighted by Gasteiger charge is 2.06. The Balaban J connectivity index is 2.72. The van der Waals surface area contributed by atoms with Gasteiger partial charge in [-0.15, -0.1) is 0 Å². The molecule has 0 fully saturated rings. The van der Waals surface area contributed by atoms with Crippen LogP contribution >= 0.6 is 0 Å². The first-order valence-electron chi connectivity index (χ1n) is 6.26. The highest BCUT2D eigenvalue weighted by molar-refractivity contribution is 5.40. The average Bonchev–Trinajstić information content (AvgIpc) is 2.37. The van der Waals surface area contributed by atoms with Gasteiger partial charge in [0.25, 0.3) is 0 Å². The van der Waals surface area contributed by atoms with Gasteiger partial charge in [0.05, 0.1) is 20.4 Å². The molecule has 18 heavy (non-hydrogen) atoms. The molecule has 0 saturated heterocycles. The fourth-order valence-corrected chi connectivity index (χ4v) is 1.49. The van der Waals surface area contributed by atoms with Crippen molar-refractivity contribution >= 4 is 0 Å². The van der Waals surface area contributed by atoms with Crippen LogP contribution in [0.4, 0.5) is 4.39 Å². The Morgan fingerprint density at radius 3 is 2.72 bits per heavy atom. The SMILES string of the molecule is COc1ccc(CNC(C)C)c(OCCCF)c1. The summed E-state index contributed by atoms with van der Waals surface area (Å²) in [5, 5.41) is 3.34. The van der Waals surface area contributed by atoms with Crippen LogP contribution in [0.1, 0.15) is 25.8 Å². The number of hydrogen-bond donors (Lipinski definition) is 1. The minimum Gasteiger partial charge on any atom is -0.497 e. The van der Waals surface area contributed by atoms with Crippen molar-refractivity contribution in [3.8, 4) is 11.5 Å². The van der Waals surface area contributed by atoms with E-state index in [0.717, 1.165) is 23.6 Å². The normalized spacial score (nSPS) is 10.7. The summed E-state index contributed by atoms with van der Waals surface area (Å²) in [4.78, 5) is 0. The highest BCUT2D eigenvalue weighted by atomic mass is 19.1. The molecule has 0 unspecified atom stereocenters. The first-order chi connectivity index (χ1) is 8.67. The Kier molecular flexibility index (Phi) is 6.50. The molecule has 1 rings (SSSR count). The van der Waals surface area contributed by atoms with E-state index >= 15 is 0 Å². The van der Waals surface area contributed by atoms with Crippen LogP contribution in [0.2, 0.25) is 0 Å². The molecule has 0 heterocycles. The maximum Gasteiger partial charge on any atom is 0.127 e. The van der Waals surface area contributed by atoms with E-state index < -0.39 is 0 Å². The van der Waals surface area contributed by atoms with Gasteiger partial charge < -0.3 is 14.8 Å². The molecule has 0 aliphatic carbocycles. The monoisotopic (exact) mass is 255 g/mol. The summed E-state index contributed by atoms with van der Waals surface area (Å²) in [7, 11) is 1.62. The number of benzene rings is 1. The van der Waals surface area contributed by atoms with Crippen LogP contribution in [0.25, 0.3) is 0 Å². The zero-order valence-electron chi connectivity index (χ0n) is 11.3. The number of rotatable bonds is 8. The molecule has 1 N–H and O–H groups in total. The van der Waals surface area contributed by atoms with E-state index in [1.165, 1.54) is 0 Å². The smallest absolute Gasteiger partial charge is 0.127 e. The summed E-state index contributed by atoms with van der Waals surface area (Å²) in [6.45, 7) is 4.94. The molecule has 4 heteroatoms. The van der Waals surface area contributed by atoms with Gasteiger partial charge in [-0.2, -0.15) is 0 Å². The summed E-state index contributed by atoms with van der Waals surface area (Å²) in [6, 6.07) is 6.12. The zero-order chi connectivity index (χ0) is 13.4. The van der Waals surface area contributed by atoms with Gasteiger partial charge in [0, 0.05) is 30.6 Å². The van der Waals surface area contributed by atoms with Gasteiger partial charge in [-0.25, -0.2) is 0 Å². The lowest BCUT2D eigenvalue weighted by Crippen LogP contribution is -2.22. The van der Waals surface area contributed by atoms with Gasteiger partial charge in [0.15, 0.2) is 0 Å². The Labute approximate surface area is 108 Å². The quantitative estimate of drug-likeness (QED) is 0.724. The average molecular weight is 255 g/mol. The lowest BCUT2D eigenvalue weighted by atomic mass is 10.2. The van der Waals surface area contributed by atoms with Crippen LogP contribution in [-0.4, -0.2) is 26.4 Å². The van der Waals surface area contributed by atoms with E-state index in [0.29, 0.717) is 19.1 Å². The maximum atomic E-state index is 12.1. The third-order valence-corrected chi connectivity index (χ3v) is 2.51. The van der Waals surface area contributed by atoms with Gasteiger partial charge in [-0.3, -0.25) is 4.39 Å². The van der Waals surface area contributed by atoms with Crippen molar-refractivity contribution in [1.29, 1.82) is 0 Å². The van der Waals surface area contributed by atoms with Crippen molar-refractivity contribution < 1.29 is 13.9 Å². The second-order valence-corrected chi connectivity index (χ2v) is 4.40. The topological polar surface area (TPSA) is 30.5 Å². The molecule has 0 saturated carbocycles. The van der Waals surface area contributed by atoms with Gasteiger partial charge in [0.2, 0.25) is 0 Å². The molecule has 102 valence electrons. The van der Waals surface area contributed by atoms with Crippen molar-refractivity contribution in [2.75, 3.05) is 20.4 Å². The molecule has 0 amide bonds. The van der Waals surface area contributed by atoms with Crippen molar-refractivity contribution in [2.45, 2.75) is 32.9 Å². The first kappa shape index (κ1) is 14.8. The zero-order valence-corrected chi connectivity index (χ0v) is 11.3. The largest absolute Gasteiger partial charge is 0.497 e. The summed E-state index contributed by atoms with van der Waals surface area (Å²) in [5.74, 6) is 1.51. The fourth-order valence-electron chi connectivity index (χ4n) is 1.49. The van der Waals surface area contributed by atoms with Crippen LogP contribution in [0.3, 0.4) is 0 Å². The standard InChI is InChI=1S/C14H22FNO2/c1-11(2)16-10-12-5-6-13(17-3)9-14(12)18-8-4-7-15/h5-6,9,11,16H,4,7-8,10H2,1-3H3. The minimum absolute atomic E-state index is 0.358. The molecule has 0 radical (unpaired) electrons. The van der Waals surface area contributed by atoms with Gasteiger partial charge >= 0.3 is 0 Å². The number of nitrogens with one attached hydrogen (secondary N) is 1. The van der Waals surface area contributed by atoms with Crippen LogP contribution in [0.5, 0.6) is 11.5 Å². The molecule has 3 nitrogen and oxygen atoms in total. The third-order valence-electron chi connectivity index (χ3n) is 2.51. The van der Waals surface area contributed by atoms with Gasteiger partial charge in [-0.1, -0.05) is 19.9 Å². The second kappa shape index (κ2) is 7.93. The highest BCUT2D eigenvalue weighted by Crippen LogP contribution is 2.25. The summed E-state index contributed by atoms with van der Waals surface area (Å²) in [5.41, 5.74) is 1.06. The molecule has 0 aliphatic heterocycles. The van der Waals surface area contributed by atoms with Crippen LogP contribution in [-0.2, 0) is 6.54 Å². The molecular weight excluding hydrogens is 233 g/mol. The first-order valence-corrected chi connectivity index (χ1v) is 6.26. The predicted octanol–water partition coefficient (Wildman–Crippen LogP) is 2.93. The van der Waals surface area contributed by atoms with Crippen molar-refractivity contribution in [2.24, 2.45) is 0 Å². The molecular formula is C14H22FNO2. The molecule has 1 aromatic rings. The fraction of sp³-hybridized carbons (Fsp3) is 0.571. The molecule has 0 aromatic heterocycles. The summed E-state index contributed by atoms with van der Waals surface area (Å²) >= 11 is 0. The Morgan fingerprint density at radius 2 is 2.11 bits per heavy atom. The van der Waals surface area contributed by atoms with E-state index in [1.54, 1.807) is 7.11 Å². The molecule has 0 bridgehead atoms. The molecule has 0 aliphatic rings. The Hall–Kier alpha value is -1.29. The number of halogens is 1. The van der Waals surface area contributed by atoms with Crippen molar-refractivity contribution in [3.05, 3.63) is 23.8 Å². The van der Waals surface area contributed by atoms with E-state index in [9.17, 15) is 4.39 Å². The lowest BCUT2D eigenvalue weighted by Gasteiger charge is -2.14. The Morgan fingerprint density at radius 1 is 1.33 bits per heavy atom. The van der Waals surface area contributed by atoms with Crippen LogP contribution in [0, 0.1) is 0 Å². The number of methoxy groups -OCH3 is 1. The van der Waals surface area contributed by atoms with E-state index in [4.69, 9.17) is 9.47 Å².